The Balaban J connectivity index is 4.29. The van der Waals surface area contributed by atoms with E-state index in [0.29, 0.717) is 19.3 Å². The van der Waals surface area contributed by atoms with Gasteiger partial charge in [-0.2, -0.15) is 0 Å². The van der Waals surface area contributed by atoms with Crippen molar-refractivity contribution >= 4 is 17.9 Å². The van der Waals surface area contributed by atoms with Crippen LogP contribution in [0, 0.1) is 5.92 Å². The molecule has 0 N–H and O–H groups in total. The van der Waals surface area contributed by atoms with Crippen LogP contribution in [0.3, 0.4) is 0 Å². The van der Waals surface area contributed by atoms with Crippen LogP contribution in [0.25, 0.3) is 0 Å². The number of carbonyl (C=O) groups excluding carboxylic acids is 3. The smallest absolute Gasteiger partial charge is 0.306 e. The first-order chi connectivity index (χ1) is 30.4. The zero-order valence-corrected chi connectivity index (χ0v) is 42.3. The normalized spacial score (nSPS) is 12.0. The van der Waals surface area contributed by atoms with E-state index in [2.05, 4.69) is 27.7 Å². The summed E-state index contributed by atoms with van der Waals surface area (Å²) in [5.41, 5.74) is 0. The highest BCUT2D eigenvalue weighted by molar-refractivity contribution is 5.71. The second-order valence-corrected chi connectivity index (χ2v) is 19.7. The summed E-state index contributed by atoms with van der Waals surface area (Å²) in [5, 5.41) is 0. The van der Waals surface area contributed by atoms with Gasteiger partial charge in [0.2, 0.25) is 0 Å². The molecule has 0 fully saturated rings. The van der Waals surface area contributed by atoms with Crippen molar-refractivity contribution in [3.05, 3.63) is 0 Å². The lowest BCUT2D eigenvalue weighted by molar-refractivity contribution is -0.167. The molecule has 0 aliphatic carbocycles. The van der Waals surface area contributed by atoms with Crippen molar-refractivity contribution in [3.8, 4) is 0 Å². The van der Waals surface area contributed by atoms with Gasteiger partial charge in [0.05, 0.1) is 0 Å². The number of ether oxygens (including phenoxy) is 3. The summed E-state index contributed by atoms with van der Waals surface area (Å²) in [6.45, 7) is 9.05. The van der Waals surface area contributed by atoms with Crippen molar-refractivity contribution in [2.24, 2.45) is 5.92 Å². The SMILES string of the molecule is CCCCCCCCCCCCCCCCCC(=O)OC[C@@H](COC(=O)CCCCCCCCCCCCCC)OC(=O)CCCCCCCCCCCCCCCCC(C)C. The molecule has 0 rings (SSSR count). The highest BCUT2D eigenvalue weighted by atomic mass is 16.6. The van der Waals surface area contributed by atoms with Crippen molar-refractivity contribution in [3.63, 3.8) is 0 Å². The molecule has 0 aromatic heterocycles. The molecule has 0 aromatic rings. The molecule has 0 spiro atoms. The van der Waals surface area contributed by atoms with Crippen LogP contribution in [0.5, 0.6) is 0 Å². The number of carbonyl (C=O) groups is 3. The van der Waals surface area contributed by atoms with Crippen molar-refractivity contribution in [2.45, 2.75) is 323 Å². The quantitative estimate of drug-likeness (QED) is 0.0344. The van der Waals surface area contributed by atoms with E-state index in [1.54, 1.807) is 0 Å². The van der Waals surface area contributed by atoms with Gasteiger partial charge >= 0.3 is 17.9 Å². The molecule has 62 heavy (non-hydrogen) atoms. The number of hydrogen-bond acceptors (Lipinski definition) is 6. The molecule has 368 valence electrons. The lowest BCUT2D eigenvalue weighted by Gasteiger charge is -2.18. The minimum Gasteiger partial charge on any atom is -0.462 e. The largest absolute Gasteiger partial charge is 0.462 e. The minimum atomic E-state index is -0.761. The molecule has 0 saturated carbocycles. The molecule has 0 radical (unpaired) electrons. The van der Waals surface area contributed by atoms with Gasteiger partial charge < -0.3 is 14.2 Å². The molecule has 6 nitrogen and oxygen atoms in total. The van der Waals surface area contributed by atoms with E-state index in [1.165, 1.54) is 212 Å². The Labute approximate surface area is 387 Å². The Bertz CT molecular complexity index is 933. The van der Waals surface area contributed by atoms with Gasteiger partial charge in [0.25, 0.3) is 0 Å². The number of hydrogen-bond donors (Lipinski definition) is 0. The Hall–Kier alpha value is -1.59. The van der Waals surface area contributed by atoms with E-state index >= 15 is 0 Å². The average molecular weight is 877 g/mol. The van der Waals surface area contributed by atoms with Crippen molar-refractivity contribution < 1.29 is 28.6 Å². The van der Waals surface area contributed by atoms with Crippen LogP contribution in [0.1, 0.15) is 317 Å². The number of rotatable bonds is 51. The van der Waals surface area contributed by atoms with Crippen LogP contribution in [-0.4, -0.2) is 37.2 Å². The number of unbranched alkanes of at least 4 members (excludes halogenated alkanes) is 38. The molecular formula is C56H108O6. The predicted molar refractivity (Wildman–Crippen MR) is 266 cm³/mol. The molecule has 1 atom stereocenters. The second kappa shape index (κ2) is 50.4. The molecule has 0 aliphatic heterocycles. The summed E-state index contributed by atoms with van der Waals surface area (Å²) in [5.74, 6) is 0.00555. The first kappa shape index (κ1) is 60.4. The van der Waals surface area contributed by atoms with Crippen LogP contribution < -0.4 is 0 Å². The molecule has 6 heteroatoms. The molecular weight excluding hydrogens is 769 g/mol. The van der Waals surface area contributed by atoms with Gasteiger partial charge in [0.15, 0.2) is 6.10 Å². The maximum atomic E-state index is 12.8. The summed E-state index contributed by atoms with van der Waals surface area (Å²) in [6.07, 6.45) is 53.7. The van der Waals surface area contributed by atoms with Crippen LogP contribution >= 0.6 is 0 Å². The highest BCUT2D eigenvalue weighted by Crippen LogP contribution is 2.18. The fourth-order valence-corrected chi connectivity index (χ4v) is 8.57. The fourth-order valence-electron chi connectivity index (χ4n) is 8.57. The monoisotopic (exact) mass is 877 g/mol. The summed E-state index contributed by atoms with van der Waals surface area (Å²) in [6, 6.07) is 0. The zero-order valence-electron chi connectivity index (χ0n) is 42.3. The highest BCUT2D eigenvalue weighted by Gasteiger charge is 2.19. The summed E-state index contributed by atoms with van der Waals surface area (Å²) >= 11 is 0. The maximum absolute atomic E-state index is 12.8. The third kappa shape index (κ3) is 49.4. The minimum absolute atomic E-state index is 0.0620. The van der Waals surface area contributed by atoms with Crippen LogP contribution in [-0.2, 0) is 28.6 Å². The molecule has 0 aromatic carbocycles. The fraction of sp³-hybridized carbons (Fsp3) is 0.946. The molecule has 0 unspecified atom stereocenters. The van der Waals surface area contributed by atoms with Crippen LogP contribution in [0.2, 0.25) is 0 Å². The average Bonchev–Trinajstić information content (AvgIpc) is 3.26. The van der Waals surface area contributed by atoms with Gasteiger partial charge in [-0.05, 0) is 25.2 Å². The lowest BCUT2D eigenvalue weighted by atomic mass is 10.0. The van der Waals surface area contributed by atoms with Crippen molar-refractivity contribution in [1.82, 2.24) is 0 Å². The molecule has 0 saturated heterocycles. The summed E-state index contributed by atoms with van der Waals surface area (Å²) in [7, 11) is 0. The summed E-state index contributed by atoms with van der Waals surface area (Å²) < 4.78 is 16.9. The van der Waals surface area contributed by atoms with Gasteiger partial charge in [-0.15, -0.1) is 0 Å². The zero-order chi connectivity index (χ0) is 45.2. The lowest BCUT2D eigenvalue weighted by Crippen LogP contribution is -2.30. The Kier molecular flexibility index (Phi) is 49.1. The topological polar surface area (TPSA) is 78.9 Å². The second-order valence-electron chi connectivity index (χ2n) is 19.7. The van der Waals surface area contributed by atoms with E-state index in [-0.39, 0.29) is 31.1 Å². The van der Waals surface area contributed by atoms with Gasteiger partial charge in [-0.25, -0.2) is 0 Å². The van der Waals surface area contributed by atoms with Gasteiger partial charge in [-0.3, -0.25) is 14.4 Å². The third-order valence-electron chi connectivity index (χ3n) is 12.8. The van der Waals surface area contributed by atoms with E-state index in [1.807, 2.05) is 0 Å². The first-order valence-corrected chi connectivity index (χ1v) is 27.9. The van der Waals surface area contributed by atoms with Gasteiger partial charge in [0, 0.05) is 19.3 Å². The van der Waals surface area contributed by atoms with E-state index < -0.39 is 6.10 Å². The van der Waals surface area contributed by atoms with E-state index in [9.17, 15) is 14.4 Å². The Morgan fingerprint density at radius 1 is 0.306 bits per heavy atom. The maximum Gasteiger partial charge on any atom is 0.306 e. The summed E-state index contributed by atoms with van der Waals surface area (Å²) in [4.78, 5) is 38.0. The van der Waals surface area contributed by atoms with Gasteiger partial charge in [0.1, 0.15) is 13.2 Å². The Morgan fingerprint density at radius 3 is 0.790 bits per heavy atom. The first-order valence-electron chi connectivity index (χ1n) is 27.9. The molecule has 0 bridgehead atoms. The molecule has 0 amide bonds. The standard InChI is InChI=1S/C56H108O6/c1-5-7-9-11-13-15-17-19-20-24-28-32-36-40-44-48-55(58)61-51-53(50-60-54(57)47-43-39-35-31-27-18-16-14-12-10-8-6-2)62-56(59)49-45-41-37-33-29-25-22-21-23-26-30-34-38-42-46-52(3)4/h52-53H,5-51H2,1-4H3/t53-/m1/s1. The van der Waals surface area contributed by atoms with Crippen LogP contribution in [0.4, 0.5) is 0 Å². The van der Waals surface area contributed by atoms with Gasteiger partial charge in [-0.1, -0.05) is 278 Å². The van der Waals surface area contributed by atoms with E-state index in [0.717, 1.165) is 63.7 Å². The Morgan fingerprint density at radius 2 is 0.532 bits per heavy atom. The van der Waals surface area contributed by atoms with Crippen molar-refractivity contribution in [2.75, 3.05) is 13.2 Å². The predicted octanol–water partition coefficient (Wildman–Crippen LogP) is 18.2. The number of esters is 3. The molecule has 0 heterocycles. The van der Waals surface area contributed by atoms with E-state index in [4.69, 9.17) is 14.2 Å². The van der Waals surface area contributed by atoms with Crippen LogP contribution in [0.15, 0.2) is 0 Å². The molecule has 0 aliphatic rings. The third-order valence-corrected chi connectivity index (χ3v) is 12.8. The van der Waals surface area contributed by atoms with Crippen molar-refractivity contribution in [1.29, 1.82) is 0 Å².